The molecule has 2 heterocycles. The monoisotopic (exact) mass is 256 g/mol. The van der Waals surface area contributed by atoms with Crippen LogP contribution >= 0.6 is 11.5 Å². The van der Waals surface area contributed by atoms with Crippen LogP contribution in [0.2, 0.25) is 0 Å². The molecule has 0 amide bonds. The standard InChI is InChI=1S/C10H16N4O2S/c1-13-3-5-14(6-4-13)9-7(10(15)16-2)8(11)12-17-9/h3-6H2,1-2H3,(H2,11,12). The number of nitrogens with zero attached hydrogens (tertiary/aromatic N) is 3. The fourth-order valence-corrected chi connectivity index (χ4v) is 2.67. The second-order valence-electron chi connectivity index (χ2n) is 4.03. The lowest BCUT2D eigenvalue weighted by Crippen LogP contribution is -2.44. The van der Waals surface area contributed by atoms with Crippen LogP contribution in [0.15, 0.2) is 0 Å². The lowest BCUT2D eigenvalue weighted by molar-refractivity contribution is 0.0603. The van der Waals surface area contributed by atoms with Gasteiger partial charge in [0.25, 0.3) is 0 Å². The molecule has 0 radical (unpaired) electrons. The highest BCUT2D eigenvalue weighted by Crippen LogP contribution is 2.31. The number of hydrogen-bond acceptors (Lipinski definition) is 7. The normalized spacial score (nSPS) is 17.2. The van der Waals surface area contributed by atoms with Gasteiger partial charge in [0.2, 0.25) is 0 Å². The Bertz CT molecular complexity index is 412. The minimum atomic E-state index is -0.412. The maximum atomic E-state index is 11.7. The Morgan fingerprint density at radius 2 is 2.06 bits per heavy atom. The van der Waals surface area contributed by atoms with Crippen molar-refractivity contribution >= 4 is 28.3 Å². The van der Waals surface area contributed by atoms with Gasteiger partial charge in [-0.05, 0) is 18.6 Å². The third kappa shape index (κ3) is 2.34. The average molecular weight is 256 g/mol. The Balaban J connectivity index is 2.23. The zero-order chi connectivity index (χ0) is 12.4. The molecule has 0 unspecified atom stereocenters. The molecule has 0 spiro atoms. The van der Waals surface area contributed by atoms with Gasteiger partial charge in [-0.25, -0.2) is 4.79 Å². The average Bonchev–Trinajstić information content (AvgIpc) is 2.71. The van der Waals surface area contributed by atoms with Crippen molar-refractivity contribution in [2.75, 3.05) is 51.0 Å². The number of esters is 1. The zero-order valence-electron chi connectivity index (χ0n) is 9.97. The van der Waals surface area contributed by atoms with Crippen LogP contribution in [-0.2, 0) is 4.74 Å². The molecule has 17 heavy (non-hydrogen) atoms. The molecule has 0 aliphatic carbocycles. The number of carbonyl (C=O) groups is 1. The third-order valence-corrected chi connectivity index (χ3v) is 3.80. The maximum Gasteiger partial charge on any atom is 0.344 e. The van der Waals surface area contributed by atoms with Crippen molar-refractivity contribution in [2.24, 2.45) is 0 Å². The van der Waals surface area contributed by atoms with E-state index in [1.807, 2.05) is 0 Å². The first kappa shape index (κ1) is 12.1. The lowest BCUT2D eigenvalue weighted by atomic mass is 10.2. The number of anilines is 2. The van der Waals surface area contributed by atoms with Gasteiger partial charge in [0.05, 0.1) is 7.11 Å². The summed E-state index contributed by atoms with van der Waals surface area (Å²) in [6.07, 6.45) is 0. The van der Waals surface area contributed by atoms with Gasteiger partial charge in [-0.3, -0.25) is 0 Å². The van der Waals surface area contributed by atoms with Gasteiger partial charge >= 0.3 is 5.97 Å². The molecule has 1 aliphatic heterocycles. The smallest absolute Gasteiger partial charge is 0.344 e. The number of nitrogen functional groups attached to an aromatic ring is 1. The summed E-state index contributed by atoms with van der Waals surface area (Å²) in [6, 6.07) is 0. The van der Waals surface area contributed by atoms with Gasteiger partial charge in [0.15, 0.2) is 5.82 Å². The van der Waals surface area contributed by atoms with E-state index in [0.717, 1.165) is 31.2 Å². The van der Waals surface area contributed by atoms with Crippen LogP contribution in [0, 0.1) is 0 Å². The topological polar surface area (TPSA) is 71.7 Å². The molecule has 1 fully saturated rings. The second kappa shape index (κ2) is 4.89. The van der Waals surface area contributed by atoms with Gasteiger partial charge in [0, 0.05) is 26.2 Å². The number of likely N-dealkylation sites (N-methyl/N-ethyl adjacent to an activating group) is 1. The summed E-state index contributed by atoms with van der Waals surface area (Å²) in [5.41, 5.74) is 6.12. The summed E-state index contributed by atoms with van der Waals surface area (Å²) in [4.78, 5) is 16.0. The van der Waals surface area contributed by atoms with Gasteiger partial charge in [-0.15, -0.1) is 0 Å². The summed E-state index contributed by atoms with van der Waals surface area (Å²) < 4.78 is 8.78. The fourth-order valence-electron chi connectivity index (χ4n) is 1.81. The molecule has 0 atom stereocenters. The van der Waals surface area contributed by atoms with Crippen LogP contribution < -0.4 is 10.6 Å². The van der Waals surface area contributed by atoms with Crippen molar-refractivity contribution < 1.29 is 9.53 Å². The molecule has 2 N–H and O–H groups in total. The summed E-state index contributed by atoms with van der Waals surface area (Å²) in [6.45, 7) is 3.70. The van der Waals surface area contributed by atoms with E-state index in [-0.39, 0.29) is 5.82 Å². The van der Waals surface area contributed by atoms with E-state index < -0.39 is 5.97 Å². The molecular weight excluding hydrogens is 240 g/mol. The highest BCUT2D eigenvalue weighted by atomic mass is 32.1. The van der Waals surface area contributed by atoms with Crippen LogP contribution in [0.5, 0.6) is 0 Å². The molecule has 6 nitrogen and oxygen atoms in total. The van der Waals surface area contributed by atoms with E-state index in [2.05, 4.69) is 21.2 Å². The van der Waals surface area contributed by atoms with Gasteiger partial charge in [-0.2, -0.15) is 4.37 Å². The van der Waals surface area contributed by atoms with E-state index in [1.165, 1.54) is 18.6 Å². The number of aromatic nitrogens is 1. The predicted octanol–water partition coefficient (Wildman–Crippen LogP) is 0.264. The molecule has 0 saturated carbocycles. The summed E-state index contributed by atoms with van der Waals surface area (Å²) in [5.74, 6) is -0.152. The molecular formula is C10H16N4O2S. The van der Waals surface area contributed by atoms with Gasteiger partial charge in [0.1, 0.15) is 10.6 Å². The maximum absolute atomic E-state index is 11.7. The molecule has 94 valence electrons. The van der Waals surface area contributed by atoms with Crippen LogP contribution in [0.3, 0.4) is 0 Å². The number of piperazine rings is 1. The predicted molar refractivity (Wildman–Crippen MR) is 67.6 cm³/mol. The quantitative estimate of drug-likeness (QED) is 0.766. The SMILES string of the molecule is COC(=O)c1c(N)nsc1N1CCN(C)CC1. The Hall–Kier alpha value is -1.34. The molecule has 1 saturated heterocycles. The highest BCUT2D eigenvalue weighted by Gasteiger charge is 2.25. The summed E-state index contributed by atoms with van der Waals surface area (Å²) in [7, 11) is 3.44. The first-order chi connectivity index (χ1) is 8.13. The van der Waals surface area contributed by atoms with Crippen molar-refractivity contribution in [3.05, 3.63) is 5.56 Å². The number of methoxy groups -OCH3 is 1. The molecule has 0 bridgehead atoms. The molecule has 1 aromatic rings. The van der Waals surface area contributed by atoms with Crippen molar-refractivity contribution in [2.45, 2.75) is 0 Å². The number of rotatable bonds is 2. The Kier molecular flexibility index (Phi) is 3.49. The number of hydrogen-bond donors (Lipinski definition) is 1. The first-order valence-electron chi connectivity index (χ1n) is 5.40. The Morgan fingerprint density at radius 1 is 1.41 bits per heavy atom. The number of carbonyl (C=O) groups excluding carboxylic acids is 1. The molecule has 1 aliphatic rings. The minimum Gasteiger partial charge on any atom is -0.465 e. The van der Waals surface area contributed by atoms with Crippen molar-refractivity contribution in [1.29, 1.82) is 0 Å². The highest BCUT2D eigenvalue weighted by molar-refractivity contribution is 7.11. The number of nitrogens with two attached hydrogens (primary N) is 1. The Morgan fingerprint density at radius 3 is 2.65 bits per heavy atom. The van der Waals surface area contributed by atoms with E-state index >= 15 is 0 Å². The first-order valence-corrected chi connectivity index (χ1v) is 6.17. The number of ether oxygens (including phenoxy) is 1. The molecule has 2 rings (SSSR count). The summed E-state index contributed by atoms with van der Waals surface area (Å²) >= 11 is 1.26. The Labute approximate surface area is 104 Å². The van der Waals surface area contributed by atoms with E-state index in [4.69, 9.17) is 10.5 Å². The van der Waals surface area contributed by atoms with Gasteiger partial charge < -0.3 is 20.3 Å². The molecule has 1 aromatic heterocycles. The van der Waals surface area contributed by atoms with Crippen molar-refractivity contribution in [3.8, 4) is 0 Å². The van der Waals surface area contributed by atoms with E-state index in [1.54, 1.807) is 0 Å². The third-order valence-electron chi connectivity index (χ3n) is 2.88. The van der Waals surface area contributed by atoms with Crippen molar-refractivity contribution in [3.63, 3.8) is 0 Å². The fraction of sp³-hybridized carbons (Fsp3) is 0.600. The van der Waals surface area contributed by atoms with Crippen LogP contribution in [0.4, 0.5) is 10.8 Å². The second-order valence-corrected chi connectivity index (χ2v) is 4.78. The van der Waals surface area contributed by atoms with Crippen LogP contribution in [0.1, 0.15) is 10.4 Å². The molecule has 7 heteroatoms. The van der Waals surface area contributed by atoms with Crippen LogP contribution in [-0.4, -0.2) is 55.6 Å². The van der Waals surface area contributed by atoms with E-state index in [0.29, 0.717) is 5.56 Å². The molecule has 0 aromatic carbocycles. The lowest BCUT2D eigenvalue weighted by Gasteiger charge is -2.33. The van der Waals surface area contributed by atoms with Crippen LogP contribution in [0.25, 0.3) is 0 Å². The van der Waals surface area contributed by atoms with Gasteiger partial charge in [-0.1, -0.05) is 0 Å². The summed E-state index contributed by atoms with van der Waals surface area (Å²) in [5, 5.41) is 0.822. The van der Waals surface area contributed by atoms with E-state index in [9.17, 15) is 4.79 Å². The minimum absolute atomic E-state index is 0.260. The largest absolute Gasteiger partial charge is 0.465 e. The zero-order valence-corrected chi connectivity index (χ0v) is 10.8. The van der Waals surface area contributed by atoms with Crippen molar-refractivity contribution in [1.82, 2.24) is 9.27 Å².